The van der Waals surface area contributed by atoms with E-state index < -0.39 is 0 Å². The highest BCUT2D eigenvalue weighted by Gasteiger charge is 2.53. The lowest BCUT2D eigenvalue weighted by Gasteiger charge is -2.36. The molecule has 5 atom stereocenters. The quantitative estimate of drug-likeness (QED) is 0.693. The first-order valence-electron chi connectivity index (χ1n) is 8.09. The third kappa shape index (κ3) is 2.30. The lowest BCUT2D eigenvalue weighted by atomic mass is 9.91. The summed E-state index contributed by atoms with van der Waals surface area (Å²) in [6, 6.07) is 1.03. The fourth-order valence-corrected chi connectivity index (χ4v) is 4.63. The van der Waals surface area contributed by atoms with E-state index in [9.17, 15) is 0 Å². The van der Waals surface area contributed by atoms with Gasteiger partial charge in [0, 0.05) is 0 Å². The molecule has 0 aromatic rings. The van der Waals surface area contributed by atoms with Gasteiger partial charge in [-0.25, -0.2) is 0 Å². The Bertz CT molecular complexity index is 369. The van der Waals surface area contributed by atoms with Crippen LogP contribution >= 0.6 is 0 Å². The van der Waals surface area contributed by atoms with E-state index in [1.807, 2.05) is 0 Å². The second kappa shape index (κ2) is 4.46. The van der Waals surface area contributed by atoms with E-state index in [-0.39, 0.29) is 5.54 Å². The van der Waals surface area contributed by atoms with Crippen LogP contribution in [0.1, 0.15) is 60.3 Å². The van der Waals surface area contributed by atoms with Gasteiger partial charge < -0.3 is 0 Å². The molecular weight excluding hydrogens is 234 g/mol. The van der Waals surface area contributed by atoms with Gasteiger partial charge >= 0.3 is 0 Å². The second-order valence-corrected chi connectivity index (χ2v) is 8.16. The van der Waals surface area contributed by atoms with Crippen LogP contribution in [-0.2, 0) is 0 Å². The van der Waals surface area contributed by atoms with Crippen LogP contribution in [0.25, 0.3) is 0 Å². The predicted octanol–water partition coefficient (Wildman–Crippen LogP) is 4.30. The van der Waals surface area contributed by atoms with Crippen LogP contribution in [0.15, 0.2) is 10.3 Å². The van der Waals surface area contributed by atoms with Crippen molar-refractivity contribution in [3.8, 4) is 0 Å². The van der Waals surface area contributed by atoms with E-state index >= 15 is 0 Å². The van der Waals surface area contributed by atoms with Crippen molar-refractivity contribution in [2.24, 2.45) is 34.0 Å². The Labute approximate surface area is 117 Å². The molecule has 0 aromatic heterocycles. The van der Waals surface area contributed by atoms with Crippen LogP contribution in [0, 0.1) is 23.7 Å². The number of hydrogen-bond donors (Lipinski definition) is 0. The molecule has 1 heterocycles. The van der Waals surface area contributed by atoms with Crippen molar-refractivity contribution in [2.45, 2.75) is 77.9 Å². The largest absolute Gasteiger partial charge is 0.268 e. The monoisotopic (exact) mass is 263 g/mol. The van der Waals surface area contributed by atoms with E-state index in [0.29, 0.717) is 12.1 Å². The summed E-state index contributed by atoms with van der Waals surface area (Å²) in [4.78, 5) is 0. The fraction of sp³-hybridized carbons (Fsp3) is 1.00. The zero-order chi connectivity index (χ0) is 13.8. The molecule has 2 fully saturated rings. The zero-order valence-corrected chi connectivity index (χ0v) is 13.1. The molecule has 0 aromatic carbocycles. The number of hydrogen-bond acceptors (Lipinski definition) is 3. The minimum Gasteiger partial charge on any atom is -0.268 e. The Balaban J connectivity index is 1.69. The van der Waals surface area contributed by atoms with Crippen LogP contribution in [0.3, 0.4) is 0 Å². The standard InChI is InChI=1S/C16H29N3/c1-10(2)15-11-6-8-13-14(9-7-12(11)15)19(18-17-13)16(3,4)5/h10-15H,6-9H2,1-5H3/t11-,12+,13?,14?,15-/m0/s1. The first kappa shape index (κ1) is 13.4. The van der Waals surface area contributed by atoms with Gasteiger partial charge in [0.25, 0.3) is 0 Å². The van der Waals surface area contributed by atoms with E-state index in [0.717, 1.165) is 23.7 Å². The van der Waals surface area contributed by atoms with Gasteiger partial charge in [-0.3, -0.25) is 5.01 Å². The summed E-state index contributed by atoms with van der Waals surface area (Å²) < 4.78 is 0. The van der Waals surface area contributed by atoms with E-state index in [1.54, 1.807) is 0 Å². The molecule has 19 heavy (non-hydrogen) atoms. The summed E-state index contributed by atoms with van der Waals surface area (Å²) in [6.45, 7) is 11.6. The molecule has 0 N–H and O–H groups in total. The van der Waals surface area contributed by atoms with Crippen molar-refractivity contribution >= 4 is 0 Å². The van der Waals surface area contributed by atoms with E-state index in [2.05, 4.69) is 50.0 Å². The Morgan fingerprint density at radius 2 is 1.63 bits per heavy atom. The summed E-state index contributed by atoms with van der Waals surface area (Å²) in [6.07, 6.45) is 5.32. The van der Waals surface area contributed by atoms with Gasteiger partial charge in [0.15, 0.2) is 0 Å². The van der Waals surface area contributed by atoms with Gasteiger partial charge in [-0.05, 0) is 70.1 Å². The molecule has 0 radical (unpaired) electrons. The maximum Gasteiger partial charge on any atom is 0.0950 e. The van der Waals surface area contributed by atoms with Crippen molar-refractivity contribution in [1.82, 2.24) is 5.01 Å². The number of fused-ring (bicyclic) bond motifs is 2. The van der Waals surface area contributed by atoms with Crippen LogP contribution in [0.2, 0.25) is 0 Å². The van der Waals surface area contributed by atoms with Crippen LogP contribution < -0.4 is 0 Å². The van der Waals surface area contributed by atoms with Crippen molar-refractivity contribution in [1.29, 1.82) is 0 Å². The Morgan fingerprint density at radius 1 is 1.00 bits per heavy atom. The van der Waals surface area contributed by atoms with Gasteiger partial charge in [-0.1, -0.05) is 19.1 Å². The topological polar surface area (TPSA) is 28.0 Å². The SMILES string of the molecule is CC(C)[C@@H]1[C@@H]2CCC3C(CC[C@@H]21)N=NN3C(C)(C)C. The van der Waals surface area contributed by atoms with Crippen molar-refractivity contribution < 1.29 is 0 Å². The fourth-order valence-electron chi connectivity index (χ4n) is 4.63. The molecule has 108 valence electrons. The highest BCUT2D eigenvalue weighted by Crippen LogP contribution is 2.57. The average Bonchev–Trinajstić information content (AvgIpc) is 2.79. The molecule has 0 amide bonds. The Hall–Kier alpha value is -0.600. The average molecular weight is 263 g/mol. The van der Waals surface area contributed by atoms with Crippen LogP contribution in [0.4, 0.5) is 0 Å². The number of rotatable bonds is 1. The first-order chi connectivity index (χ1) is 8.89. The zero-order valence-electron chi connectivity index (χ0n) is 13.1. The minimum atomic E-state index is 0.114. The molecule has 3 aliphatic rings. The van der Waals surface area contributed by atoms with Crippen molar-refractivity contribution in [3.63, 3.8) is 0 Å². The highest BCUT2D eigenvalue weighted by atomic mass is 15.6. The minimum absolute atomic E-state index is 0.114. The predicted molar refractivity (Wildman–Crippen MR) is 77.8 cm³/mol. The summed E-state index contributed by atoms with van der Waals surface area (Å²) in [5.41, 5.74) is 0.114. The van der Waals surface area contributed by atoms with Crippen LogP contribution in [0.5, 0.6) is 0 Å². The highest BCUT2D eigenvalue weighted by molar-refractivity contribution is 5.03. The maximum absolute atomic E-state index is 4.58. The summed E-state index contributed by atoms with van der Waals surface area (Å²) >= 11 is 0. The molecule has 0 saturated heterocycles. The lowest BCUT2D eigenvalue weighted by Crippen LogP contribution is -2.46. The van der Waals surface area contributed by atoms with Crippen LogP contribution in [-0.4, -0.2) is 22.6 Å². The van der Waals surface area contributed by atoms with E-state index in [4.69, 9.17) is 0 Å². The summed E-state index contributed by atoms with van der Waals surface area (Å²) in [5.74, 6) is 3.87. The summed E-state index contributed by atoms with van der Waals surface area (Å²) in [7, 11) is 0. The molecule has 2 saturated carbocycles. The molecule has 3 heteroatoms. The second-order valence-electron chi connectivity index (χ2n) is 8.16. The van der Waals surface area contributed by atoms with Gasteiger partial charge in [0.1, 0.15) is 0 Å². The molecular formula is C16H29N3. The number of nitrogens with zero attached hydrogens (tertiary/aromatic N) is 3. The first-order valence-corrected chi connectivity index (χ1v) is 8.09. The molecule has 3 nitrogen and oxygen atoms in total. The third-order valence-corrected chi connectivity index (χ3v) is 5.50. The third-order valence-electron chi connectivity index (χ3n) is 5.50. The van der Waals surface area contributed by atoms with Gasteiger partial charge in [-0.15, -0.1) is 0 Å². The molecule has 1 aliphatic heterocycles. The Morgan fingerprint density at radius 3 is 2.21 bits per heavy atom. The normalized spacial score (nSPS) is 41.8. The van der Waals surface area contributed by atoms with Crippen molar-refractivity contribution in [2.75, 3.05) is 0 Å². The molecule has 3 rings (SSSR count). The smallest absolute Gasteiger partial charge is 0.0950 e. The Kier molecular flexibility index (Phi) is 3.14. The molecule has 0 bridgehead atoms. The van der Waals surface area contributed by atoms with Gasteiger partial charge in [-0.2, -0.15) is 5.11 Å². The molecule has 2 aliphatic carbocycles. The van der Waals surface area contributed by atoms with E-state index in [1.165, 1.54) is 25.7 Å². The molecule has 0 spiro atoms. The van der Waals surface area contributed by atoms with Gasteiger partial charge in [0.2, 0.25) is 0 Å². The lowest BCUT2D eigenvalue weighted by molar-refractivity contribution is 0.0862. The maximum atomic E-state index is 4.58. The van der Waals surface area contributed by atoms with Gasteiger partial charge in [0.05, 0.1) is 17.6 Å². The van der Waals surface area contributed by atoms with Crippen molar-refractivity contribution in [3.05, 3.63) is 0 Å². The molecule has 2 unspecified atom stereocenters. The summed E-state index contributed by atoms with van der Waals surface area (Å²) in [5, 5.41) is 11.4.